The Bertz CT molecular complexity index is 1290. The van der Waals surface area contributed by atoms with Crippen LogP contribution in [0.25, 0.3) is 5.65 Å². The first-order valence-corrected chi connectivity index (χ1v) is 13.5. The lowest BCUT2D eigenvalue weighted by atomic mass is 9.75. The van der Waals surface area contributed by atoms with Crippen molar-refractivity contribution in [3.8, 4) is 0 Å². The molecule has 3 N–H and O–H groups in total. The number of hydrogen-bond donors (Lipinski definition) is 3. The van der Waals surface area contributed by atoms with Crippen molar-refractivity contribution in [3.05, 3.63) is 48.3 Å². The SMILES string of the molecule is O=C(Nc1ccc2c(c1)NC(=O)C21CCOCC1)C(Nc1ccc2nccn2n1)C1CCCCCCC1. The second kappa shape index (κ2) is 10.1. The van der Waals surface area contributed by atoms with Crippen molar-refractivity contribution in [2.24, 2.45) is 5.92 Å². The van der Waals surface area contributed by atoms with Crippen LogP contribution in [0, 0.1) is 5.92 Å². The lowest BCUT2D eigenvalue weighted by molar-refractivity contribution is -0.124. The Kier molecular flexibility index (Phi) is 6.54. The van der Waals surface area contributed by atoms with Crippen molar-refractivity contribution in [1.29, 1.82) is 0 Å². The summed E-state index contributed by atoms with van der Waals surface area (Å²) in [6.45, 7) is 1.16. The van der Waals surface area contributed by atoms with Crippen LogP contribution < -0.4 is 16.0 Å². The van der Waals surface area contributed by atoms with Crippen LogP contribution >= 0.6 is 0 Å². The number of fused-ring (bicyclic) bond motifs is 3. The van der Waals surface area contributed by atoms with E-state index in [9.17, 15) is 9.59 Å². The van der Waals surface area contributed by atoms with Gasteiger partial charge in [-0.2, -0.15) is 0 Å². The number of anilines is 3. The monoisotopic (exact) mass is 502 g/mol. The fourth-order valence-corrected chi connectivity index (χ4v) is 6.21. The summed E-state index contributed by atoms with van der Waals surface area (Å²) in [5, 5.41) is 14.3. The number of benzene rings is 1. The lowest BCUT2D eigenvalue weighted by Gasteiger charge is -2.31. The van der Waals surface area contributed by atoms with Crippen molar-refractivity contribution in [2.75, 3.05) is 29.2 Å². The second-order valence-electron chi connectivity index (χ2n) is 10.6. The van der Waals surface area contributed by atoms with Gasteiger partial charge in [0.25, 0.3) is 0 Å². The molecule has 1 unspecified atom stereocenters. The smallest absolute Gasteiger partial charge is 0.247 e. The van der Waals surface area contributed by atoms with Gasteiger partial charge in [-0.3, -0.25) is 9.59 Å². The summed E-state index contributed by atoms with van der Waals surface area (Å²) in [6.07, 6.45) is 12.8. The maximum atomic E-state index is 13.8. The van der Waals surface area contributed by atoms with E-state index in [0.29, 0.717) is 37.6 Å². The lowest BCUT2D eigenvalue weighted by Crippen LogP contribution is -2.41. The molecular formula is C28H34N6O3. The molecular weight excluding hydrogens is 468 g/mol. The van der Waals surface area contributed by atoms with Gasteiger partial charge in [0.1, 0.15) is 11.9 Å². The summed E-state index contributed by atoms with van der Waals surface area (Å²) in [5.41, 5.74) is 2.72. The fourth-order valence-electron chi connectivity index (χ4n) is 6.21. The van der Waals surface area contributed by atoms with Crippen molar-refractivity contribution in [3.63, 3.8) is 0 Å². The van der Waals surface area contributed by atoms with Gasteiger partial charge in [0.05, 0.1) is 5.41 Å². The number of nitrogens with one attached hydrogen (secondary N) is 3. The largest absolute Gasteiger partial charge is 0.381 e. The maximum absolute atomic E-state index is 13.8. The van der Waals surface area contributed by atoms with Gasteiger partial charge >= 0.3 is 0 Å². The molecule has 0 radical (unpaired) electrons. The van der Waals surface area contributed by atoms with E-state index in [2.05, 4.69) is 26.0 Å². The van der Waals surface area contributed by atoms with Crippen LogP contribution in [0.5, 0.6) is 0 Å². The number of amides is 2. The van der Waals surface area contributed by atoms with Crippen LogP contribution in [-0.4, -0.2) is 45.7 Å². The van der Waals surface area contributed by atoms with E-state index in [0.717, 1.165) is 42.6 Å². The Hall–Kier alpha value is -3.46. The average molecular weight is 503 g/mol. The van der Waals surface area contributed by atoms with Gasteiger partial charge in [0.15, 0.2) is 5.65 Å². The molecule has 3 aromatic rings. The van der Waals surface area contributed by atoms with Crippen LogP contribution in [-0.2, 0) is 19.7 Å². The molecule has 9 heteroatoms. The molecule has 37 heavy (non-hydrogen) atoms. The molecule has 194 valence electrons. The summed E-state index contributed by atoms with van der Waals surface area (Å²) < 4.78 is 7.22. The van der Waals surface area contributed by atoms with E-state index in [1.807, 2.05) is 30.3 Å². The Morgan fingerprint density at radius 2 is 1.86 bits per heavy atom. The summed E-state index contributed by atoms with van der Waals surface area (Å²) in [7, 11) is 0. The van der Waals surface area contributed by atoms with Crippen molar-refractivity contribution < 1.29 is 14.3 Å². The zero-order chi connectivity index (χ0) is 25.2. The maximum Gasteiger partial charge on any atom is 0.247 e. The number of carbonyl (C=O) groups excluding carboxylic acids is 2. The minimum Gasteiger partial charge on any atom is -0.381 e. The molecule has 0 bridgehead atoms. The summed E-state index contributed by atoms with van der Waals surface area (Å²) >= 11 is 0. The standard InChI is InChI=1S/C28H34N6O3/c35-26(30-20-8-9-21-22(18-20)31-27(36)28(21)12-16-37-17-13-28)25(19-6-4-2-1-3-5-7-19)32-23-10-11-24-29-14-15-34(24)33-23/h8-11,14-15,18-19,25H,1-7,12-13,16-17H2,(H,30,35)(H,31,36)(H,32,33). The number of ether oxygens (including phenoxy) is 1. The molecule has 3 aliphatic rings. The van der Waals surface area contributed by atoms with E-state index in [1.54, 1.807) is 16.9 Å². The highest BCUT2D eigenvalue weighted by atomic mass is 16.5. The zero-order valence-corrected chi connectivity index (χ0v) is 21.0. The van der Waals surface area contributed by atoms with Crippen molar-refractivity contribution in [1.82, 2.24) is 14.6 Å². The molecule has 4 heterocycles. The molecule has 1 saturated carbocycles. The summed E-state index contributed by atoms with van der Waals surface area (Å²) in [6, 6.07) is 9.15. The molecule has 2 aliphatic heterocycles. The van der Waals surface area contributed by atoms with Crippen LogP contribution in [0.15, 0.2) is 42.7 Å². The first-order valence-electron chi connectivity index (χ1n) is 13.5. The first-order chi connectivity index (χ1) is 18.1. The van der Waals surface area contributed by atoms with Crippen molar-refractivity contribution in [2.45, 2.75) is 69.2 Å². The fraction of sp³-hybridized carbons (Fsp3) is 0.500. The first kappa shape index (κ1) is 23.9. The van der Waals surface area contributed by atoms with Gasteiger partial charge < -0.3 is 20.7 Å². The molecule has 1 atom stereocenters. The van der Waals surface area contributed by atoms with Gasteiger partial charge in [-0.05, 0) is 61.4 Å². The predicted molar refractivity (Wildman–Crippen MR) is 142 cm³/mol. The normalized spacial score (nSPS) is 20.6. The molecule has 1 spiro atoms. The summed E-state index contributed by atoms with van der Waals surface area (Å²) in [4.78, 5) is 30.9. The van der Waals surface area contributed by atoms with E-state index in [1.165, 1.54) is 19.3 Å². The Balaban J connectivity index is 1.24. The minimum absolute atomic E-state index is 0.0318. The average Bonchev–Trinajstić information content (AvgIpc) is 3.45. The quantitative estimate of drug-likeness (QED) is 0.474. The van der Waals surface area contributed by atoms with Gasteiger partial charge in [-0.15, -0.1) is 5.10 Å². The van der Waals surface area contributed by atoms with Gasteiger partial charge in [0, 0.05) is 37.0 Å². The third kappa shape index (κ3) is 4.68. The number of rotatable bonds is 5. The van der Waals surface area contributed by atoms with E-state index >= 15 is 0 Å². The molecule has 1 aliphatic carbocycles. The molecule has 9 nitrogen and oxygen atoms in total. The highest BCUT2D eigenvalue weighted by Crippen LogP contribution is 2.45. The highest BCUT2D eigenvalue weighted by molar-refractivity contribution is 6.07. The topological polar surface area (TPSA) is 110 Å². The second-order valence-corrected chi connectivity index (χ2v) is 10.6. The summed E-state index contributed by atoms with van der Waals surface area (Å²) in [5.74, 6) is 0.808. The van der Waals surface area contributed by atoms with Gasteiger partial charge in [-0.1, -0.05) is 38.2 Å². The predicted octanol–water partition coefficient (Wildman–Crippen LogP) is 4.51. The van der Waals surface area contributed by atoms with Gasteiger partial charge in [-0.25, -0.2) is 9.50 Å². The Labute approximate surface area is 216 Å². The van der Waals surface area contributed by atoms with E-state index < -0.39 is 11.5 Å². The number of hydrogen-bond acceptors (Lipinski definition) is 6. The van der Waals surface area contributed by atoms with E-state index in [-0.39, 0.29) is 17.7 Å². The third-order valence-electron chi connectivity index (χ3n) is 8.29. The molecule has 2 fully saturated rings. The van der Waals surface area contributed by atoms with E-state index in [4.69, 9.17) is 4.74 Å². The number of aromatic nitrogens is 3. The number of nitrogens with zero attached hydrogens (tertiary/aromatic N) is 3. The molecule has 1 saturated heterocycles. The highest BCUT2D eigenvalue weighted by Gasteiger charge is 2.47. The Morgan fingerprint density at radius 3 is 2.68 bits per heavy atom. The minimum atomic E-state index is -0.517. The molecule has 1 aromatic carbocycles. The molecule has 2 amide bonds. The third-order valence-corrected chi connectivity index (χ3v) is 8.29. The van der Waals surface area contributed by atoms with Crippen LogP contribution in [0.3, 0.4) is 0 Å². The van der Waals surface area contributed by atoms with Gasteiger partial charge in [0.2, 0.25) is 11.8 Å². The van der Waals surface area contributed by atoms with Crippen LogP contribution in [0.4, 0.5) is 17.2 Å². The Morgan fingerprint density at radius 1 is 1.08 bits per heavy atom. The van der Waals surface area contributed by atoms with Crippen molar-refractivity contribution >= 4 is 34.7 Å². The number of imidazole rings is 1. The van der Waals surface area contributed by atoms with Crippen LogP contribution in [0.2, 0.25) is 0 Å². The zero-order valence-electron chi connectivity index (χ0n) is 21.0. The molecule has 6 rings (SSSR count). The van der Waals surface area contributed by atoms with Crippen LogP contribution in [0.1, 0.15) is 63.4 Å². The number of carbonyl (C=O) groups is 2. The molecule has 2 aromatic heterocycles.